The van der Waals surface area contributed by atoms with Crippen LogP contribution in [0.5, 0.6) is 0 Å². The van der Waals surface area contributed by atoms with Gasteiger partial charge in [-0.2, -0.15) is 0 Å². The first-order valence-corrected chi connectivity index (χ1v) is 8.58. The van der Waals surface area contributed by atoms with E-state index in [1.54, 1.807) is 12.1 Å². The average molecular weight is 392 g/mol. The third-order valence-corrected chi connectivity index (χ3v) is 4.92. The van der Waals surface area contributed by atoms with Gasteiger partial charge in [0.2, 0.25) is 5.91 Å². The molecule has 2 heterocycles. The van der Waals surface area contributed by atoms with Crippen LogP contribution >= 0.6 is 27.5 Å². The van der Waals surface area contributed by atoms with E-state index in [1.807, 2.05) is 18.7 Å². The molecule has 0 aliphatic carbocycles. The molecule has 0 spiro atoms. The number of carbonyl (C=O) groups excluding carboxylic acids is 2. The zero-order valence-corrected chi connectivity index (χ0v) is 15.0. The van der Waals surface area contributed by atoms with Crippen molar-refractivity contribution in [1.82, 2.24) is 10.2 Å². The Bertz CT molecular complexity index is 551. The summed E-state index contributed by atoms with van der Waals surface area (Å²) in [5, 5.41) is 2.94. The summed E-state index contributed by atoms with van der Waals surface area (Å²) < 4.78 is 5.76. The number of rotatable bonds is 4. The van der Waals surface area contributed by atoms with Crippen LogP contribution in [0.2, 0.25) is 0 Å². The van der Waals surface area contributed by atoms with E-state index in [9.17, 15) is 9.59 Å². The SMILES string of the molecule is CC(C)(CCl)C(=O)N1CCC(NC(=O)c2ccc(Br)o2)CC1. The summed E-state index contributed by atoms with van der Waals surface area (Å²) in [5.74, 6) is 0.433. The van der Waals surface area contributed by atoms with Crippen LogP contribution in [0.1, 0.15) is 37.2 Å². The molecule has 5 nitrogen and oxygen atoms in total. The Kier molecular flexibility index (Phi) is 5.55. The van der Waals surface area contributed by atoms with E-state index in [2.05, 4.69) is 21.2 Å². The average Bonchev–Trinajstić information content (AvgIpc) is 2.94. The maximum atomic E-state index is 12.3. The van der Waals surface area contributed by atoms with Crippen LogP contribution in [0.15, 0.2) is 21.2 Å². The first-order valence-electron chi connectivity index (χ1n) is 7.25. The summed E-state index contributed by atoms with van der Waals surface area (Å²) in [6.45, 7) is 4.97. The number of halogens is 2. The number of alkyl halides is 1. The molecular formula is C15H20BrClN2O3. The van der Waals surface area contributed by atoms with Gasteiger partial charge in [0.15, 0.2) is 10.4 Å². The molecule has 2 rings (SSSR count). The molecule has 1 saturated heterocycles. The van der Waals surface area contributed by atoms with Crippen molar-refractivity contribution >= 4 is 39.3 Å². The largest absolute Gasteiger partial charge is 0.444 e. The van der Waals surface area contributed by atoms with E-state index < -0.39 is 5.41 Å². The lowest BCUT2D eigenvalue weighted by atomic mass is 9.92. The Hall–Kier alpha value is -1.01. The molecule has 1 fully saturated rings. The van der Waals surface area contributed by atoms with Crippen LogP contribution < -0.4 is 5.32 Å². The van der Waals surface area contributed by atoms with E-state index in [1.165, 1.54) is 0 Å². The fourth-order valence-electron chi connectivity index (χ4n) is 2.40. The lowest BCUT2D eigenvalue weighted by Crippen LogP contribution is -2.50. The highest BCUT2D eigenvalue weighted by atomic mass is 79.9. The summed E-state index contributed by atoms with van der Waals surface area (Å²) in [7, 11) is 0. The summed E-state index contributed by atoms with van der Waals surface area (Å²) in [6, 6.07) is 3.37. The fourth-order valence-corrected chi connectivity index (χ4v) is 2.83. The number of hydrogen-bond acceptors (Lipinski definition) is 3. The summed E-state index contributed by atoms with van der Waals surface area (Å²) in [4.78, 5) is 26.2. The highest BCUT2D eigenvalue weighted by Crippen LogP contribution is 2.23. The zero-order valence-electron chi connectivity index (χ0n) is 12.7. The Morgan fingerprint density at radius 3 is 2.55 bits per heavy atom. The smallest absolute Gasteiger partial charge is 0.287 e. The second kappa shape index (κ2) is 7.04. The van der Waals surface area contributed by atoms with Crippen LogP contribution in [0.4, 0.5) is 0 Å². The van der Waals surface area contributed by atoms with Gasteiger partial charge in [0, 0.05) is 25.0 Å². The predicted octanol–water partition coefficient (Wildman–Crippen LogP) is 3.03. The van der Waals surface area contributed by atoms with Gasteiger partial charge < -0.3 is 14.6 Å². The van der Waals surface area contributed by atoms with Crippen LogP contribution in [-0.4, -0.2) is 41.7 Å². The molecule has 1 aliphatic heterocycles. The van der Waals surface area contributed by atoms with Crippen LogP contribution in [0.3, 0.4) is 0 Å². The third-order valence-electron chi connectivity index (χ3n) is 3.83. The normalized spacial score (nSPS) is 16.6. The molecule has 1 aliphatic rings. The van der Waals surface area contributed by atoms with Crippen LogP contribution in [-0.2, 0) is 4.79 Å². The Balaban J connectivity index is 1.85. The van der Waals surface area contributed by atoms with E-state index in [0.717, 1.165) is 12.8 Å². The maximum Gasteiger partial charge on any atom is 0.287 e. The number of likely N-dealkylation sites (tertiary alicyclic amines) is 1. The zero-order chi connectivity index (χ0) is 16.3. The third kappa shape index (κ3) is 4.04. The summed E-state index contributed by atoms with van der Waals surface area (Å²) >= 11 is 9.03. The van der Waals surface area contributed by atoms with Crippen LogP contribution in [0.25, 0.3) is 0 Å². The second-order valence-electron chi connectivity index (χ2n) is 6.16. The van der Waals surface area contributed by atoms with Gasteiger partial charge in [-0.15, -0.1) is 11.6 Å². The monoisotopic (exact) mass is 390 g/mol. The van der Waals surface area contributed by atoms with Crippen molar-refractivity contribution in [3.63, 3.8) is 0 Å². The molecule has 0 atom stereocenters. The molecule has 0 unspecified atom stereocenters. The minimum atomic E-state index is -0.544. The number of hydrogen-bond donors (Lipinski definition) is 1. The number of carbonyl (C=O) groups is 2. The van der Waals surface area contributed by atoms with Crippen molar-refractivity contribution in [3.05, 3.63) is 22.6 Å². The molecule has 0 radical (unpaired) electrons. The summed E-state index contributed by atoms with van der Waals surface area (Å²) in [5.41, 5.74) is -0.544. The van der Waals surface area contributed by atoms with Crippen molar-refractivity contribution < 1.29 is 14.0 Å². The standard InChI is InChI=1S/C15H20BrClN2O3/c1-15(2,9-17)14(21)19-7-5-10(6-8-19)18-13(20)11-3-4-12(16)22-11/h3-4,10H,5-9H2,1-2H3,(H,18,20). The van der Waals surface area contributed by atoms with Gasteiger partial charge >= 0.3 is 0 Å². The lowest BCUT2D eigenvalue weighted by molar-refractivity contribution is -0.140. The fraction of sp³-hybridized carbons (Fsp3) is 0.600. The molecule has 2 amide bonds. The summed E-state index contributed by atoms with van der Waals surface area (Å²) in [6.07, 6.45) is 1.47. The lowest BCUT2D eigenvalue weighted by Gasteiger charge is -2.36. The molecule has 22 heavy (non-hydrogen) atoms. The molecule has 0 bridgehead atoms. The van der Waals surface area contributed by atoms with Gasteiger partial charge in [0.1, 0.15) is 0 Å². The Morgan fingerprint density at radius 2 is 2.05 bits per heavy atom. The highest BCUT2D eigenvalue weighted by Gasteiger charge is 2.33. The van der Waals surface area contributed by atoms with Crippen molar-refractivity contribution in [1.29, 1.82) is 0 Å². The number of nitrogens with zero attached hydrogens (tertiary/aromatic N) is 1. The second-order valence-corrected chi connectivity index (χ2v) is 7.21. The first kappa shape index (κ1) is 17.3. The molecule has 7 heteroatoms. The van der Waals surface area contributed by atoms with Gasteiger partial charge in [-0.1, -0.05) is 0 Å². The Labute approximate surface area is 143 Å². The number of furan rings is 1. The van der Waals surface area contributed by atoms with E-state index in [0.29, 0.717) is 23.6 Å². The van der Waals surface area contributed by atoms with E-state index in [-0.39, 0.29) is 23.6 Å². The van der Waals surface area contributed by atoms with Crippen LogP contribution in [0, 0.1) is 5.41 Å². The number of nitrogens with one attached hydrogen (secondary N) is 1. The minimum Gasteiger partial charge on any atom is -0.444 e. The minimum absolute atomic E-state index is 0.0551. The molecule has 1 aromatic heterocycles. The quantitative estimate of drug-likeness (QED) is 0.803. The predicted molar refractivity (Wildman–Crippen MR) is 88.0 cm³/mol. The van der Waals surface area contributed by atoms with Gasteiger partial charge in [-0.25, -0.2) is 0 Å². The van der Waals surface area contributed by atoms with E-state index >= 15 is 0 Å². The number of piperidine rings is 1. The molecule has 0 saturated carbocycles. The van der Waals surface area contributed by atoms with Gasteiger partial charge in [-0.3, -0.25) is 9.59 Å². The van der Waals surface area contributed by atoms with Gasteiger partial charge in [0.05, 0.1) is 5.41 Å². The topological polar surface area (TPSA) is 62.6 Å². The van der Waals surface area contributed by atoms with Gasteiger partial charge in [-0.05, 0) is 54.8 Å². The first-order chi connectivity index (χ1) is 10.3. The molecule has 122 valence electrons. The maximum absolute atomic E-state index is 12.3. The Morgan fingerprint density at radius 1 is 1.41 bits per heavy atom. The molecular weight excluding hydrogens is 372 g/mol. The van der Waals surface area contributed by atoms with Crippen molar-refractivity contribution in [2.75, 3.05) is 19.0 Å². The molecule has 1 N–H and O–H groups in total. The highest BCUT2D eigenvalue weighted by molar-refractivity contribution is 9.10. The van der Waals surface area contributed by atoms with Gasteiger partial charge in [0.25, 0.3) is 5.91 Å². The van der Waals surface area contributed by atoms with Crippen molar-refractivity contribution in [2.24, 2.45) is 5.41 Å². The molecule has 1 aromatic rings. The van der Waals surface area contributed by atoms with E-state index in [4.69, 9.17) is 16.0 Å². The molecule has 0 aromatic carbocycles. The van der Waals surface area contributed by atoms with Crippen molar-refractivity contribution in [2.45, 2.75) is 32.7 Å². The van der Waals surface area contributed by atoms with Crippen molar-refractivity contribution in [3.8, 4) is 0 Å². The number of amides is 2.